The highest BCUT2D eigenvalue weighted by molar-refractivity contribution is 7.09. The van der Waals surface area contributed by atoms with Gasteiger partial charge in [-0.25, -0.2) is 9.78 Å². The summed E-state index contributed by atoms with van der Waals surface area (Å²) >= 11 is 7.12. The number of hydrogen-bond acceptors (Lipinski definition) is 5. The Labute approximate surface area is 217 Å². The maximum atomic E-state index is 13.1. The summed E-state index contributed by atoms with van der Waals surface area (Å²) in [7, 11) is 0. The molecular weight excluding hydrogens is 544 g/mol. The smallest absolute Gasteiger partial charge is 0.345 e. The fourth-order valence-electron chi connectivity index (χ4n) is 3.77. The Balaban J connectivity index is 1.40. The molecule has 0 atom stereocenters. The van der Waals surface area contributed by atoms with E-state index in [0.717, 1.165) is 5.56 Å². The SMILES string of the molecule is O=C(Nc1cc(C(F)(F)F)cc(C(F)(F)F)c1)N1CCCN(c2nc(Cc3ccc(Cl)cc3)ns2)CC1. The van der Waals surface area contributed by atoms with Gasteiger partial charge in [0.05, 0.1) is 11.1 Å². The molecule has 0 unspecified atom stereocenters. The molecule has 2 aromatic carbocycles. The highest BCUT2D eigenvalue weighted by Crippen LogP contribution is 2.37. The number of nitrogens with one attached hydrogen (secondary N) is 1. The number of hydrogen-bond donors (Lipinski definition) is 1. The Morgan fingerprint density at radius 3 is 2.22 bits per heavy atom. The summed E-state index contributed by atoms with van der Waals surface area (Å²) < 4.78 is 83.1. The summed E-state index contributed by atoms with van der Waals surface area (Å²) in [6.07, 6.45) is -8.96. The van der Waals surface area contributed by atoms with Gasteiger partial charge in [-0.05, 0) is 42.3 Å². The molecule has 1 saturated heterocycles. The van der Waals surface area contributed by atoms with E-state index >= 15 is 0 Å². The van der Waals surface area contributed by atoms with Crippen molar-refractivity contribution in [2.45, 2.75) is 25.2 Å². The number of rotatable bonds is 4. The van der Waals surface area contributed by atoms with Crippen molar-refractivity contribution in [2.24, 2.45) is 0 Å². The Morgan fingerprint density at radius 2 is 1.59 bits per heavy atom. The van der Waals surface area contributed by atoms with Crippen LogP contribution in [0.4, 0.5) is 42.0 Å². The second-order valence-electron chi connectivity index (χ2n) is 8.35. The number of nitrogens with zero attached hydrogens (tertiary/aromatic N) is 4. The van der Waals surface area contributed by atoms with E-state index < -0.39 is 35.2 Å². The Bertz CT molecular complexity index is 1220. The van der Waals surface area contributed by atoms with Crippen LogP contribution in [0.25, 0.3) is 0 Å². The van der Waals surface area contributed by atoms with Gasteiger partial charge in [-0.2, -0.15) is 30.7 Å². The van der Waals surface area contributed by atoms with E-state index in [1.54, 1.807) is 12.1 Å². The van der Waals surface area contributed by atoms with Gasteiger partial charge in [-0.1, -0.05) is 23.7 Å². The second kappa shape index (κ2) is 10.7. The number of halogens is 7. The van der Waals surface area contributed by atoms with Crippen LogP contribution in [-0.4, -0.2) is 46.5 Å². The first-order valence-electron chi connectivity index (χ1n) is 11.1. The number of anilines is 2. The van der Waals surface area contributed by atoms with Crippen molar-refractivity contribution < 1.29 is 31.1 Å². The summed E-state index contributed by atoms with van der Waals surface area (Å²) in [5.41, 5.74) is -2.57. The topological polar surface area (TPSA) is 61.4 Å². The molecule has 14 heteroatoms. The van der Waals surface area contributed by atoms with Gasteiger partial charge < -0.3 is 15.1 Å². The standard InChI is InChI=1S/C23H20ClF6N5OS/c24-17-4-2-14(3-5-17)10-19-32-21(37-33-19)35-7-1-6-34(8-9-35)20(36)31-18-12-15(22(25,26)27)11-16(13-18)23(28,29)30/h2-5,11-13H,1,6-10H2,(H,31,36). The molecule has 0 spiro atoms. The van der Waals surface area contributed by atoms with Crippen LogP contribution in [0.5, 0.6) is 0 Å². The molecule has 4 rings (SSSR count). The van der Waals surface area contributed by atoms with Crippen molar-refractivity contribution >= 4 is 40.0 Å². The number of alkyl halides is 6. The molecule has 3 aromatic rings. The summed E-state index contributed by atoms with van der Waals surface area (Å²) in [5.74, 6) is 0.631. The van der Waals surface area contributed by atoms with E-state index in [9.17, 15) is 31.1 Å². The van der Waals surface area contributed by atoms with Crippen molar-refractivity contribution in [3.63, 3.8) is 0 Å². The van der Waals surface area contributed by atoms with Gasteiger partial charge in [0.1, 0.15) is 5.82 Å². The van der Waals surface area contributed by atoms with Crippen LogP contribution >= 0.6 is 23.1 Å². The van der Waals surface area contributed by atoms with Crippen LogP contribution in [0.1, 0.15) is 28.9 Å². The van der Waals surface area contributed by atoms with Gasteiger partial charge in [-0.3, -0.25) is 0 Å². The first-order valence-corrected chi connectivity index (χ1v) is 12.2. The van der Waals surface area contributed by atoms with Crippen LogP contribution in [0.15, 0.2) is 42.5 Å². The van der Waals surface area contributed by atoms with Crippen molar-refractivity contribution in [2.75, 3.05) is 36.4 Å². The second-order valence-corrected chi connectivity index (χ2v) is 9.52. The van der Waals surface area contributed by atoms with Crippen molar-refractivity contribution in [1.82, 2.24) is 14.3 Å². The number of aromatic nitrogens is 2. The molecule has 37 heavy (non-hydrogen) atoms. The van der Waals surface area contributed by atoms with Crippen LogP contribution in [0.2, 0.25) is 5.02 Å². The number of benzene rings is 2. The lowest BCUT2D eigenvalue weighted by atomic mass is 10.1. The molecule has 0 bridgehead atoms. The van der Waals surface area contributed by atoms with Crippen LogP contribution in [0.3, 0.4) is 0 Å². The van der Waals surface area contributed by atoms with Crippen molar-refractivity contribution in [3.8, 4) is 0 Å². The van der Waals surface area contributed by atoms with Gasteiger partial charge in [0, 0.05) is 54.8 Å². The molecule has 1 aliphatic rings. The Hall–Kier alpha value is -3.06. The van der Waals surface area contributed by atoms with Crippen LogP contribution in [-0.2, 0) is 18.8 Å². The minimum absolute atomic E-state index is 0.0166. The monoisotopic (exact) mass is 563 g/mol. The minimum atomic E-state index is -5.00. The van der Waals surface area contributed by atoms with E-state index in [0.29, 0.717) is 54.0 Å². The number of amides is 2. The third-order valence-electron chi connectivity index (χ3n) is 5.63. The third kappa shape index (κ3) is 7.04. The van der Waals surface area contributed by atoms with Gasteiger partial charge in [0.2, 0.25) is 5.13 Å². The van der Waals surface area contributed by atoms with Gasteiger partial charge in [0.25, 0.3) is 0 Å². The predicted molar refractivity (Wildman–Crippen MR) is 128 cm³/mol. The largest absolute Gasteiger partial charge is 0.416 e. The average Bonchev–Trinajstić information content (AvgIpc) is 3.13. The molecule has 0 radical (unpaired) electrons. The first kappa shape index (κ1) is 27.0. The highest BCUT2D eigenvalue weighted by atomic mass is 35.5. The molecule has 198 valence electrons. The lowest BCUT2D eigenvalue weighted by molar-refractivity contribution is -0.143. The number of urea groups is 1. The van der Waals surface area contributed by atoms with E-state index in [1.807, 2.05) is 17.0 Å². The summed E-state index contributed by atoms with van der Waals surface area (Å²) in [5, 5.41) is 3.48. The zero-order chi connectivity index (χ0) is 26.8. The van der Waals surface area contributed by atoms with E-state index in [2.05, 4.69) is 14.7 Å². The molecule has 2 heterocycles. The fraction of sp³-hybridized carbons (Fsp3) is 0.348. The summed E-state index contributed by atoms with van der Waals surface area (Å²) in [6, 6.07) is 7.53. The lowest BCUT2D eigenvalue weighted by Gasteiger charge is -2.22. The van der Waals surface area contributed by atoms with E-state index in [-0.39, 0.29) is 19.2 Å². The molecular formula is C23H20ClF6N5OS. The molecule has 1 aromatic heterocycles. The summed E-state index contributed by atoms with van der Waals surface area (Å²) in [4.78, 5) is 20.6. The number of carbonyl (C=O) groups excluding carboxylic acids is 1. The van der Waals surface area contributed by atoms with E-state index in [4.69, 9.17) is 11.6 Å². The summed E-state index contributed by atoms with van der Waals surface area (Å²) in [6.45, 7) is 1.40. The highest BCUT2D eigenvalue weighted by Gasteiger charge is 2.37. The zero-order valence-corrected chi connectivity index (χ0v) is 20.6. The maximum absolute atomic E-state index is 13.1. The minimum Gasteiger partial charge on any atom is -0.345 e. The normalized spacial score (nSPS) is 15.0. The predicted octanol–water partition coefficient (Wildman–Crippen LogP) is 6.56. The molecule has 2 amide bonds. The third-order valence-corrected chi connectivity index (χ3v) is 6.69. The molecule has 1 fully saturated rings. The zero-order valence-electron chi connectivity index (χ0n) is 19.0. The Kier molecular flexibility index (Phi) is 7.83. The average molecular weight is 564 g/mol. The number of carbonyl (C=O) groups is 1. The Morgan fingerprint density at radius 1 is 0.946 bits per heavy atom. The van der Waals surface area contributed by atoms with Crippen molar-refractivity contribution in [1.29, 1.82) is 0 Å². The van der Waals surface area contributed by atoms with Crippen LogP contribution < -0.4 is 10.2 Å². The lowest BCUT2D eigenvalue weighted by Crippen LogP contribution is -2.38. The molecule has 6 nitrogen and oxygen atoms in total. The van der Waals surface area contributed by atoms with E-state index in [1.165, 1.54) is 16.4 Å². The maximum Gasteiger partial charge on any atom is 0.416 e. The van der Waals surface area contributed by atoms with Gasteiger partial charge in [-0.15, -0.1) is 0 Å². The molecule has 0 aliphatic carbocycles. The fourth-order valence-corrected chi connectivity index (χ4v) is 4.63. The van der Waals surface area contributed by atoms with Gasteiger partial charge >= 0.3 is 18.4 Å². The quantitative estimate of drug-likeness (QED) is 0.365. The molecule has 1 N–H and O–H groups in total. The first-order chi connectivity index (χ1) is 17.4. The molecule has 1 aliphatic heterocycles. The van der Waals surface area contributed by atoms with Crippen LogP contribution in [0, 0.1) is 0 Å². The van der Waals surface area contributed by atoms with Crippen molar-refractivity contribution in [3.05, 3.63) is 70.0 Å². The van der Waals surface area contributed by atoms with Gasteiger partial charge in [0.15, 0.2) is 0 Å². The molecule has 0 saturated carbocycles.